The lowest BCUT2D eigenvalue weighted by molar-refractivity contribution is -0.121. The summed E-state index contributed by atoms with van der Waals surface area (Å²) < 4.78 is 1.72. The number of hydrogen-bond acceptors (Lipinski definition) is 3. The van der Waals surface area contributed by atoms with E-state index in [0.717, 1.165) is 11.1 Å². The number of aliphatic hydroxyl groups excluding tert-OH is 1. The van der Waals surface area contributed by atoms with E-state index in [2.05, 4.69) is 10.4 Å². The third kappa shape index (κ3) is 5.51. The first-order valence-corrected chi connectivity index (χ1v) is 8.53. The zero-order valence-corrected chi connectivity index (χ0v) is 15.0. The van der Waals surface area contributed by atoms with Gasteiger partial charge in [0.15, 0.2) is 0 Å². The molecule has 1 aromatic carbocycles. The second-order valence-corrected chi connectivity index (χ2v) is 6.58. The maximum absolute atomic E-state index is 12.0. The normalized spacial score (nSPS) is 12.2. The summed E-state index contributed by atoms with van der Waals surface area (Å²) in [7, 11) is 1.85. The zero-order valence-electron chi connectivity index (χ0n) is 13.5. The molecule has 2 aromatic rings. The minimum Gasteiger partial charge on any atom is -0.396 e. The number of benzene rings is 1. The lowest BCUT2D eigenvalue weighted by Crippen LogP contribution is -2.32. The highest BCUT2D eigenvalue weighted by Gasteiger charge is 2.12. The number of hydrogen-bond donors (Lipinski definition) is 2. The number of aryl methyl sites for hydroxylation is 2. The highest BCUT2D eigenvalue weighted by molar-refractivity contribution is 6.42. The summed E-state index contributed by atoms with van der Waals surface area (Å²) in [6.07, 6.45) is 5.20. The number of halogens is 2. The van der Waals surface area contributed by atoms with Gasteiger partial charge in [-0.15, -0.1) is 0 Å². The summed E-state index contributed by atoms with van der Waals surface area (Å²) in [5.41, 5.74) is 1.89. The van der Waals surface area contributed by atoms with Crippen molar-refractivity contribution >= 4 is 29.1 Å². The van der Waals surface area contributed by atoms with Gasteiger partial charge in [-0.25, -0.2) is 0 Å². The van der Waals surface area contributed by atoms with E-state index < -0.39 is 0 Å². The highest BCUT2D eigenvalue weighted by Crippen LogP contribution is 2.26. The topological polar surface area (TPSA) is 67.2 Å². The Balaban J connectivity index is 1.78. The van der Waals surface area contributed by atoms with Crippen molar-refractivity contribution in [3.63, 3.8) is 0 Å². The summed E-state index contributed by atoms with van der Waals surface area (Å²) in [4.78, 5) is 12.0. The van der Waals surface area contributed by atoms with Crippen LogP contribution in [0.5, 0.6) is 0 Å². The second kappa shape index (κ2) is 9.06. The Morgan fingerprint density at radius 3 is 2.88 bits per heavy atom. The highest BCUT2D eigenvalue weighted by atomic mass is 35.5. The maximum atomic E-state index is 12.0. The molecule has 130 valence electrons. The average molecular weight is 370 g/mol. The van der Waals surface area contributed by atoms with Crippen LogP contribution in [0.25, 0.3) is 0 Å². The summed E-state index contributed by atoms with van der Waals surface area (Å²) in [6, 6.07) is 5.40. The molecule has 1 amide bonds. The van der Waals surface area contributed by atoms with Crippen molar-refractivity contribution in [1.29, 1.82) is 0 Å². The third-order valence-corrected chi connectivity index (χ3v) is 4.64. The van der Waals surface area contributed by atoms with Crippen LogP contribution in [-0.2, 0) is 24.7 Å². The predicted molar refractivity (Wildman–Crippen MR) is 95.3 cm³/mol. The molecule has 0 saturated heterocycles. The number of aliphatic hydroxyl groups is 1. The van der Waals surface area contributed by atoms with Crippen LogP contribution >= 0.6 is 23.2 Å². The molecule has 24 heavy (non-hydrogen) atoms. The molecule has 0 saturated carbocycles. The van der Waals surface area contributed by atoms with Gasteiger partial charge in [0.1, 0.15) is 0 Å². The molecule has 0 bridgehead atoms. The van der Waals surface area contributed by atoms with E-state index in [9.17, 15) is 9.90 Å². The van der Waals surface area contributed by atoms with E-state index in [4.69, 9.17) is 23.2 Å². The van der Waals surface area contributed by atoms with Gasteiger partial charge in [0.2, 0.25) is 5.91 Å². The lowest BCUT2D eigenvalue weighted by Gasteiger charge is -2.14. The first-order valence-electron chi connectivity index (χ1n) is 7.77. The molecular formula is C17H21Cl2N3O2. The summed E-state index contributed by atoms with van der Waals surface area (Å²) in [5.74, 6) is -0.108. The molecule has 0 aliphatic rings. The summed E-state index contributed by atoms with van der Waals surface area (Å²) in [6.45, 7) is 0.433. The smallest absolute Gasteiger partial charge is 0.220 e. The average Bonchev–Trinajstić information content (AvgIpc) is 2.97. The van der Waals surface area contributed by atoms with Crippen LogP contribution in [0, 0.1) is 5.92 Å². The lowest BCUT2D eigenvalue weighted by atomic mass is 10.0. The minimum absolute atomic E-state index is 0.00922. The summed E-state index contributed by atoms with van der Waals surface area (Å²) >= 11 is 12.1. The van der Waals surface area contributed by atoms with Crippen molar-refractivity contribution in [1.82, 2.24) is 15.1 Å². The molecular weight excluding hydrogens is 349 g/mol. The standard InChI is InChI=1S/C17H21Cl2N3O2/c1-22-10-12(9-21-22)7-13(11-23)8-20-16(24)6-5-14-3-2-4-15(18)17(14)19/h2-4,9-10,13,23H,5-8,11H2,1H3,(H,20,24)/t13-/m0/s1. The molecule has 2 rings (SSSR count). The third-order valence-electron chi connectivity index (χ3n) is 3.78. The van der Waals surface area contributed by atoms with E-state index in [1.807, 2.05) is 25.4 Å². The molecule has 0 aliphatic heterocycles. The van der Waals surface area contributed by atoms with Crippen molar-refractivity contribution < 1.29 is 9.90 Å². The van der Waals surface area contributed by atoms with Crippen molar-refractivity contribution in [2.45, 2.75) is 19.3 Å². The first kappa shape index (κ1) is 18.8. The number of nitrogens with one attached hydrogen (secondary N) is 1. The van der Waals surface area contributed by atoms with Crippen LogP contribution in [0.3, 0.4) is 0 Å². The van der Waals surface area contributed by atoms with Crippen LogP contribution in [-0.4, -0.2) is 33.9 Å². The van der Waals surface area contributed by atoms with E-state index in [1.165, 1.54) is 0 Å². The quantitative estimate of drug-likeness (QED) is 0.751. The van der Waals surface area contributed by atoms with Gasteiger partial charge in [-0.1, -0.05) is 35.3 Å². The van der Waals surface area contributed by atoms with Crippen molar-refractivity contribution in [3.8, 4) is 0 Å². The first-order chi connectivity index (χ1) is 11.5. The van der Waals surface area contributed by atoms with E-state index in [-0.39, 0.29) is 18.4 Å². The van der Waals surface area contributed by atoms with Gasteiger partial charge in [-0.05, 0) is 30.0 Å². The SMILES string of the molecule is Cn1cc(C[C@H](CO)CNC(=O)CCc2cccc(Cl)c2Cl)cn1. The summed E-state index contributed by atoms with van der Waals surface area (Å²) in [5, 5.41) is 17.4. The molecule has 1 heterocycles. The van der Waals surface area contributed by atoms with Crippen LogP contribution < -0.4 is 5.32 Å². The number of aromatic nitrogens is 2. The van der Waals surface area contributed by atoms with Crippen LogP contribution in [0.2, 0.25) is 10.0 Å². The molecule has 1 aromatic heterocycles. The Labute approximate surface area is 151 Å². The number of nitrogens with zero attached hydrogens (tertiary/aromatic N) is 2. The van der Waals surface area contributed by atoms with Crippen LogP contribution in [0.4, 0.5) is 0 Å². The predicted octanol–water partition coefficient (Wildman–Crippen LogP) is 2.63. The number of amides is 1. The molecule has 0 spiro atoms. The Bertz CT molecular complexity index is 688. The zero-order chi connectivity index (χ0) is 17.5. The molecule has 0 radical (unpaired) electrons. The monoisotopic (exact) mass is 369 g/mol. The van der Waals surface area contributed by atoms with Gasteiger partial charge >= 0.3 is 0 Å². The van der Waals surface area contributed by atoms with Crippen molar-refractivity contribution in [3.05, 3.63) is 51.8 Å². The van der Waals surface area contributed by atoms with E-state index >= 15 is 0 Å². The maximum Gasteiger partial charge on any atom is 0.220 e. The Morgan fingerprint density at radius 2 is 2.21 bits per heavy atom. The minimum atomic E-state index is -0.0734. The molecule has 0 unspecified atom stereocenters. The fourth-order valence-corrected chi connectivity index (χ4v) is 2.86. The Hall–Kier alpha value is -1.56. The van der Waals surface area contributed by atoms with Gasteiger partial charge in [0.25, 0.3) is 0 Å². The van der Waals surface area contributed by atoms with Crippen LogP contribution in [0.15, 0.2) is 30.6 Å². The van der Waals surface area contributed by atoms with E-state index in [1.54, 1.807) is 16.9 Å². The van der Waals surface area contributed by atoms with Gasteiger partial charge < -0.3 is 10.4 Å². The van der Waals surface area contributed by atoms with Gasteiger partial charge in [-0.2, -0.15) is 5.10 Å². The number of carbonyl (C=O) groups excluding carboxylic acids is 1. The Kier molecular flexibility index (Phi) is 7.09. The molecule has 5 nitrogen and oxygen atoms in total. The molecule has 2 N–H and O–H groups in total. The van der Waals surface area contributed by atoms with Crippen molar-refractivity contribution in [2.75, 3.05) is 13.2 Å². The van der Waals surface area contributed by atoms with Crippen LogP contribution in [0.1, 0.15) is 17.5 Å². The fourth-order valence-electron chi connectivity index (χ4n) is 2.45. The number of rotatable bonds is 8. The molecule has 0 aliphatic carbocycles. The molecule has 0 fully saturated rings. The largest absolute Gasteiger partial charge is 0.396 e. The van der Waals surface area contributed by atoms with Gasteiger partial charge in [0, 0.05) is 38.7 Å². The van der Waals surface area contributed by atoms with Gasteiger partial charge in [0.05, 0.1) is 16.2 Å². The Morgan fingerprint density at radius 1 is 1.42 bits per heavy atom. The second-order valence-electron chi connectivity index (χ2n) is 5.79. The van der Waals surface area contributed by atoms with E-state index in [0.29, 0.717) is 35.9 Å². The fraction of sp³-hybridized carbons (Fsp3) is 0.412. The number of carbonyl (C=O) groups is 1. The van der Waals surface area contributed by atoms with Gasteiger partial charge in [-0.3, -0.25) is 9.48 Å². The van der Waals surface area contributed by atoms with Crippen molar-refractivity contribution in [2.24, 2.45) is 13.0 Å². The molecule has 1 atom stereocenters. The molecule has 7 heteroatoms.